The van der Waals surface area contributed by atoms with Gasteiger partial charge in [0, 0.05) is 12.6 Å². The molecule has 0 aliphatic heterocycles. The molecule has 2 aromatic carbocycles. The Morgan fingerprint density at radius 2 is 1.86 bits per heavy atom. The highest BCUT2D eigenvalue weighted by Gasteiger charge is 2.44. The summed E-state index contributed by atoms with van der Waals surface area (Å²) in [6, 6.07) is 17.2. The first-order chi connectivity index (χ1) is 17.2. The number of ether oxygens (including phenoxy) is 2. The van der Waals surface area contributed by atoms with Gasteiger partial charge in [-0.3, -0.25) is 4.98 Å². The number of alkyl carbamates (subject to hydrolysis) is 1. The van der Waals surface area contributed by atoms with Crippen molar-refractivity contribution in [3.05, 3.63) is 94.8 Å². The summed E-state index contributed by atoms with van der Waals surface area (Å²) in [4.78, 5) is 17.2. The van der Waals surface area contributed by atoms with Gasteiger partial charge < -0.3 is 14.8 Å². The fourth-order valence-electron chi connectivity index (χ4n) is 3.46. The third-order valence-electron chi connectivity index (χ3n) is 5.08. The van der Waals surface area contributed by atoms with Gasteiger partial charge in [-0.2, -0.15) is 17.6 Å². The molecule has 0 saturated carbocycles. The average molecular weight is 521 g/mol. The van der Waals surface area contributed by atoms with Crippen LogP contribution in [0.3, 0.4) is 0 Å². The zero-order chi connectivity index (χ0) is 26.2. The van der Waals surface area contributed by atoms with Gasteiger partial charge >= 0.3 is 18.6 Å². The van der Waals surface area contributed by atoms with Gasteiger partial charge in [0.2, 0.25) is 0 Å². The summed E-state index contributed by atoms with van der Waals surface area (Å²) in [7, 11) is 0. The highest BCUT2D eigenvalue weighted by Crippen LogP contribution is 2.36. The molecule has 0 radical (unpaired) electrons. The fourth-order valence-corrected chi connectivity index (χ4v) is 3.57. The quantitative estimate of drug-likeness (QED) is 0.269. The molecule has 0 aliphatic rings. The lowest BCUT2D eigenvalue weighted by molar-refractivity contribution is -0.253. The smallest absolute Gasteiger partial charge is 0.436 e. The molecule has 36 heavy (non-hydrogen) atoms. The van der Waals surface area contributed by atoms with Gasteiger partial charge in [-0.25, -0.2) is 4.79 Å². The van der Waals surface area contributed by atoms with E-state index in [0.29, 0.717) is 5.02 Å². The Labute approximate surface area is 210 Å². The number of halogens is 5. The lowest BCUT2D eigenvalue weighted by Crippen LogP contribution is -2.49. The third-order valence-corrected chi connectivity index (χ3v) is 5.30. The molecule has 0 bridgehead atoms. The fraction of sp³-hybridized carbons (Fsp3) is 0.231. The van der Waals surface area contributed by atoms with Gasteiger partial charge in [-0.1, -0.05) is 60.0 Å². The lowest BCUT2D eigenvalue weighted by atomic mass is 9.80. The van der Waals surface area contributed by atoms with Crippen LogP contribution in [-0.2, 0) is 16.7 Å². The molecule has 188 valence electrons. The maximum Gasteiger partial charge on any atom is 0.461 e. The van der Waals surface area contributed by atoms with Gasteiger partial charge in [0.05, 0.1) is 10.7 Å². The molecule has 5 nitrogen and oxygen atoms in total. The summed E-state index contributed by atoms with van der Waals surface area (Å²) < 4.78 is 62.3. The minimum Gasteiger partial charge on any atom is -0.436 e. The number of nitrogens with zero attached hydrogens (tertiary/aromatic N) is 1. The van der Waals surface area contributed by atoms with Gasteiger partial charge in [0.1, 0.15) is 11.3 Å². The van der Waals surface area contributed by atoms with Gasteiger partial charge in [-0.15, -0.1) is 5.92 Å². The van der Waals surface area contributed by atoms with Crippen molar-refractivity contribution in [2.75, 3.05) is 6.61 Å². The van der Waals surface area contributed by atoms with Gasteiger partial charge in [-0.05, 0) is 42.3 Å². The molecule has 10 heteroatoms. The maximum atomic E-state index is 13.7. The monoisotopic (exact) mass is 520 g/mol. The zero-order valence-electron chi connectivity index (χ0n) is 19.0. The van der Waals surface area contributed by atoms with Crippen molar-refractivity contribution in [2.24, 2.45) is 0 Å². The molecule has 1 amide bonds. The Hall–Kier alpha value is -3.77. The Bertz CT molecular complexity index is 1230. The number of nitrogens with one attached hydrogen (secondary N) is 1. The summed E-state index contributed by atoms with van der Waals surface area (Å²) in [5, 5.41) is 3.10. The summed E-state index contributed by atoms with van der Waals surface area (Å²) in [5.41, 5.74) is -0.247. The van der Waals surface area contributed by atoms with Crippen LogP contribution in [0.1, 0.15) is 23.7 Å². The molecular formula is C26H21ClF4N2O3. The van der Waals surface area contributed by atoms with Crippen LogP contribution >= 0.6 is 11.6 Å². The molecule has 0 unspecified atom stereocenters. The number of aromatic nitrogens is 1. The van der Waals surface area contributed by atoms with Crippen molar-refractivity contribution in [3.8, 4) is 17.6 Å². The van der Waals surface area contributed by atoms with Crippen molar-refractivity contribution in [1.29, 1.82) is 0 Å². The normalized spacial score (nSPS) is 12.8. The van der Waals surface area contributed by atoms with Crippen molar-refractivity contribution in [2.45, 2.75) is 31.4 Å². The Morgan fingerprint density at radius 3 is 2.50 bits per heavy atom. The molecule has 1 aromatic heterocycles. The molecule has 3 rings (SSSR count). The number of rotatable bonds is 9. The molecule has 0 spiro atoms. The standard InChI is InChI=1S/C26H21ClF4N2O3/c1-2-3-14-35-24(34)33-25(16-18-8-5-4-6-9-18,22-13-12-20(27)17-32-22)19-10-7-11-21(15-19)36-26(30,31)23(28)29/h4-13,15,17,23H,14,16H2,1H3,(H,33,34)/t25-/m1/s1. The molecular weight excluding hydrogens is 500 g/mol. The van der Waals surface area contributed by atoms with E-state index in [1.807, 2.05) is 0 Å². The second kappa shape index (κ2) is 11.8. The molecule has 1 atom stereocenters. The largest absolute Gasteiger partial charge is 0.461 e. The van der Waals surface area contributed by atoms with Crippen LogP contribution in [0.15, 0.2) is 72.9 Å². The predicted octanol–water partition coefficient (Wildman–Crippen LogP) is 6.21. The number of amides is 1. The minimum atomic E-state index is -4.72. The van der Waals surface area contributed by atoms with Crippen molar-refractivity contribution < 1.29 is 31.8 Å². The van der Waals surface area contributed by atoms with Crippen LogP contribution < -0.4 is 10.1 Å². The number of benzene rings is 2. The van der Waals surface area contributed by atoms with E-state index >= 15 is 0 Å². The molecule has 0 saturated heterocycles. The second-order valence-electron chi connectivity index (χ2n) is 7.55. The number of carbonyl (C=O) groups is 1. The second-order valence-corrected chi connectivity index (χ2v) is 7.99. The molecule has 1 N–H and O–H groups in total. The molecule has 0 aliphatic carbocycles. The van der Waals surface area contributed by atoms with E-state index < -0.39 is 29.9 Å². The topological polar surface area (TPSA) is 60.5 Å². The number of pyridine rings is 1. The highest BCUT2D eigenvalue weighted by atomic mass is 35.5. The minimum absolute atomic E-state index is 0.0890. The summed E-state index contributed by atoms with van der Waals surface area (Å²) in [6.45, 7) is 1.39. The molecule has 1 heterocycles. The lowest BCUT2D eigenvalue weighted by Gasteiger charge is -2.35. The third kappa shape index (κ3) is 6.67. The maximum absolute atomic E-state index is 13.7. The first-order valence-electron chi connectivity index (χ1n) is 10.6. The first kappa shape index (κ1) is 26.8. The number of carbonyl (C=O) groups excluding carboxylic acids is 1. The van der Waals surface area contributed by atoms with Crippen molar-refractivity contribution in [1.82, 2.24) is 10.3 Å². The Morgan fingerprint density at radius 1 is 1.11 bits per heavy atom. The Balaban J connectivity index is 2.17. The summed E-state index contributed by atoms with van der Waals surface area (Å²) in [6.07, 6.45) is -8.18. The Kier molecular flexibility index (Phi) is 8.78. The van der Waals surface area contributed by atoms with Crippen LogP contribution in [0, 0.1) is 11.8 Å². The summed E-state index contributed by atoms with van der Waals surface area (Å²) in [5.74, 6) is 4.68. The zero-order valence-corrected chi connectivity index (χ0v) is 19.7. The van der Waals surface area contributed by atoms with Gasteiger partial charge in [0.25, 0.3) is 0 Å². The SMILES string of the molecule is CC#CCOC(=O)N[C@](Cc1ccccc1)(c1cccc(OC(F)(F)C(F)F)c1)c1ccc(Cl)cn1. The highest BCUT2D eigenvalue weighted by molar-refractivity contribution is 6.30. The van der Waals surface area contributed by atoms with E-state index in [1.165, 1.54) is 18.3 Å². The van der Waals surface area contributed by atoms with Crippen molar-refractivity contribution >= 4 is 17.7 Å². The van der Waals surface area contributed by atoms with Gasteiger partial charge in [0.15, 0.2) is 6.61 Å². The van der Waals surface area contributed by atoms with E-state index in [4.69, 9.17) is 16.3 Å². The van der Waals surface area contributed by atoms with E-state index in [0.717, 1.165) is 17.7 Å². The number of alkyl halides is 4. The van der Waals surface area contributed by atoms with E-state index in [2.05, 4.69) is 26.9 Å². The van der Waals surface area contributed by atoms with E-state index in [-0.39, 0.29) is 24.3 Å². The number of hydrogen-bond donors (Lipinski definition) is 1. The first-order valence-corrected chi connectivity index (χ1v) is 11.0. The molecule has 0 fully saturated rings. The van der Waals surface area contributed by atoms with E-state index in [1.54, 1.807) is 49.4 Å². The van der Waals surface area contributed by atoms with Crippen LogP contribution in [0.25, 0.3) is 0 Å². The number of hydrogen-bond acceptors (Lipinski definition) is 4. The summed E-state index contributed by atoms with van der Waals surface area (Å²) >= 11 is 6.02. The average Bonchev–Trinajstić information content (AvgIpc) is 2.84. The van der Waals surface area contributed by atoms with Crippen LogP contribution in [-0.4, -0.2) is 30.2 Å². The van der Waals surface area contributed by atoms with Crippen LogP contribution in [0.5, 0.6) is 5.75 Å². The molecule has 3 aromatic rings. The predicted molar refractivity (Wildman–Crippen MR) is 126 cm³/mol. The van der Waals surface area contributed by atoms with Crippen molar-refractivity contribution in [3.63, 3.8) is 0 Å². The van der Waals surface area contributed by atoms with E-state index in [9.17, 15) is 22.4 Å². The van der Waals surface area contributed by atoms with Crippen LogP contribution in [0.2, 0.25) is 5.02 Å². The van der Waals surface area contributed by atoms with Crippen LogP contribution in [0.4, 0.5) is 22.4 Å².